The topological polar surface area (TPSA) is 445 Å². The molecule has 0 aliphatic carbocycles. The summed E-state index contributed by atoms with van der Waals surface area (Å²) in [7, 11) is 0. The number of amides is 2. The van der Waals surface area contributed by atoms with Crippen LogP contribution in [0.5, 0.6) is 0 Å². The summed E-state index contributed by atoms with van der Waals surface area (Å²) >= 11 is 0. The fraction of sp³-hybridized carbons (Fsp3) is 0.941. The number of carbonyl (C=O) groups is 2. The predicted molar refractivity (Wildman–Crippen MR) is 190 cm³/mol. The molecule has 5 aliphatic rings. The third kappa shape index (κ3) is 10.8. The monoisotopic (exact) mass is 910 g/mol. The lowest BCUT2D eigenvalue weighted by Gasteiger charge is -2.50. The highest BCUT2D eigenvalue weighted by Gasteiger charge is 2.57. The summed E-state index contributed by atoms with van der Waals surface area (Å²) in [6.07, 6.45) is -42.2. The summed E-state index contributed by atoms with van der Waals surface area (Å²) in [5.74, 6) is -1.59. The van der Waals surface area contributed by atoms with Gasteiger partial charge in [0.05, 0.1) is 33.0 Å². The molecule has 0 spiro atoms. The zero-order valence-corrected chi connectivity index (χ0v) is 33.2. The number of carbonyl (C=O) groups excluding carboxylic acids is 2. The SMILES string of the molecule is CC(=O)N[C@H]1[C@H](O[C@H]2[C@H](O)[C@@H](O)[C@H](OC3[C@@H](O)[C@@H](CO)O[C@@H](O[C@H]4[C@H](O)[C@@H](O)C(O)O[C@@H]4CO)[C@@H]3NC(C)=O)O[C@@H]2CO)O[C@H](CO)[C@H](O)[C@@H]1O[C@@H]1O[C@H](CO)[C@@H](O)[C@H](O)[C@H]1O. The fourth-order valence-electron chi connectivity index (χ4n) is 7.84. The Labute approximate surface area is 351 Å². The maximum absolute atomic E-state index is 12.4. The number of nitrogens with one attached hydrogen (secondary N) is 2. The van der Waals surface area contributed by atoms with Gasteiger partial charge in [-0.15, -0.1) is 0 Å². The van der Waals surface area contributed by atoms with Crippen molar-refractivity contribution in [1.82, 2.24) is 10.6 Å². The number of aliphatic hydroxyl groups excluding tert-OH is 15. The number of hydrogen-bond acceptors (Lipinski definition) is 26. The molecule has 17 N–H and O–H groups in total. The Morgan fingerprint density at radius 3 is 1.11 bits per heavy atom. The minimum atomic E-state index is -2.19. The second-order valence-corrected chi connectivity index (χ2v) is 15.4. The van der Waals surface area contributed by atoms with E-state index in [4.69, 9.17) is 42.6 Å². The Bertz CT molecular complexity index is 1440. The Kier molecular flexibility index (Phi) is 18.1. The molecule has 5 aliphatic heterocycles. The first kappa shape index (κ1) is 51.0. The van der Waals surface area contributed by atoms with E-state index in [1.165, 1.54) is 0 Å². The van der Waals surface area contributed by atoms with Crippen molar-refractivity contribution in [3.63, 3.8) is 0 Å². The lowest BCUT2D eigenvalue weighted by atomic mass is 9.93. The molecule has 28 nitrogen and oxygen atoms in total. The summed E-state index contributed by atoms with van der Waals surface area (Å²) < 4.78 is 51.1. The first-order chi connectivity index (χ1) is 29.3. The van der Waals surface area contributed by atoms with Crippen LogP contribution in [-0.2, 0) is 52.2 Å². The summed E-state index contributed by atoms with van der Waals surface area (Å²) in [5.41, 5.74) is 0. The van der Waals surface area contributed by atoms with Crippen molar-refractivity contribution in [2.45, 2.75) is 167 Å². The van der Waals surface area contributed by atoms with Gasteiger partial charge in [0.1, 0.15) is 122 Å². The molecular weight excluding hydrogens is 852 g/mol. The van der Waals surface area contributed by atoms with Crippen LogP contribution in [-0.4, -0.2) is 275 Å². The standard InChI is InChI=1S/C34H58N2O26/c1-8(42)35-15-28(61-33-24(51)20(47)17(44)10(3-37)57-33)18(45)11(4-38)56-32(15)60-27-14(7-41)58-34(25(52)22(27)49)62-29-16(36-9(2)43)31(55-12(5-39)19(29)46)59-26-13(6-40)54-30(53)23(50)21(26)48/h10-34,37-41,44-53H,3-7H2,1-2H3,(H,35,42)(H,36,43)/t10-,11-,12-,13-,14-,15-,16-,17-,18+,19+,20+,21-,22-,23-,24-,25-,26-,27-,28-,29?,30?,31+,32+,33+,34+/m1/s1. The van der Waals surface area contributed by atoms with Crippen molar-refractivity contribution >= 4 is 11.8 Å². The van der Waals surface area contributed by atoms with Gasteiger partial charge >= 0.3 is 0 Å². The van der Waals surface area contributed by atoms with Crippen LogP contribution in [0, 0.1) is 0 Å². The van der Waals surface area contributed by atoms with E-state index in [-0.39, 0.29) is 0 Å². The van der Waals surface area contributed by atoms with Crippen LogP contribution in [0.15, 0.2) is 0 Å². The lowest BCUT2D eigenvalue weighted by molar-refractivity contribution is -0.379. The number of ether oxygens (including phenoxy) is 9. The van der Waals surface area contributed by atoms with Crippen LogP contribution >= 0.6 is 0 Å². The van der Waals surface area contributed by atoms with Crippen molar-refractivity contribution in [3.05, 3.63) is 0 Å². The first-order valence-corrected chi connectivity index (χ1v) is 19.6. The molecule has 0 radical (unpaired) electrons. The number of aliphatic hydroxyl groups is 15. The van der Waals surface area contributed by atoms with Gasteiger partial charge in [-0.1, -0.05) is 0 Å². The molecule has 0 aromatic heterocycles. The maximum Gasteiger partial charge on any atom is 0.217 e. The van der Waals surface area contributed by atoms with Crippen molar-refractivity contribution in [3.8, 4) is 0 Å². The second kappa shape index (κ2) is 22.0. The molecule has 0 saturated carbocycles. The number of hydrogen-bond donors (Lipinski definition) is 17. The average Bonchev–Trinajstić information content (AvgIpc) is 3.23. The smallest absolute Gasteiger partial charge is 0.217 e. The Hall–Kier alpha value is -2.02. The first-order valence-electron chi connectivity index (χ1n) is 19.6. The van der Waals surface area contributed by atoms with Crippen molar-refractivity contribution in [2.24, 2.45) is 0 Å². The van der Waals surface area contributed by atoms with Gasteiger partial charge in [0.2, 0.25) is 11.8 Å². The van der Waals surface area contributed by atoms with E-state index >= 15 is 0 Å². The molecule has 62 heavy (non-hydrogen) atoms. The van der Waals surface area contributed by atoms with E-state index in [0.717, 1.165) is 13.8 Å². The molecule has 28 heteroatoms. The van der Waals surface area contributed by atoms with Crippen LogP contribution in [0.25, 0.3) is 0 Å². The van der Waals surface area contributed by atoms with Crippen LogP contribution in [0.3, 0.4) is 0 Å². The third-order valence-corrected chi connectivity index (χ3v) is 11.1. The van der Waals surface area contributed by atoms with Crippen molar-refractivity contribution in [1.29, 1.82) is 0 Å². The van der Waals surface area contributed by atoms with Gasteiger partial charge in [-0.2, -0.15) is 0 Å². The zero-order valence-electron chi connectivity index (χ0n) is 33.2. The molecular formula is C34H58N2O26. The van der Waals surface area contributed by atoms with Gasteiger partial charge in [-0.05, 0) is 0 Å². The Morgan fingerprint density at radius 1 is 0.387 bits per heavy atom. The van der Waals surface area contributed by atoms with E-state index in [1.54, 1.807) is 0 Å². The number of rotatable bonds is 15. The molecule has 0 aromatic carbocycles. The van der Waals surface area contributed by atoms with Crippen LogP contribution in [0.4, 0.5) is 0 Å². The van der Waals surface area contributed by atoms with Crippen LogP contribution in [0.2, 0.25) is 0 Å². The molecule has 0 aromatic rings. The molecule has 5 heterocycles. The van der Waals surface area contributed by atoms with Crippen molar-refractivity contribution in [2.75, 3.05) is 33.0 Å². The van der Waals surface area contributed by atoms with E-state index in [9.17, 15) is 86.2 Å². The largest absolute Gasteiger partial charge is 0.394 e. The molecule has 0 bridgehead atoms. The van der Waals surface area contributed by atoms with Crippen LogP contribution < -0.4 is 10.6 Å². The molecule has 360 valence electrons. The molecule has 5 fully saturated rings. The van der Waals surface area contributed by atoms with Gasteiger partial charge in [0.15, 0.2) is 31.5 Å². The predicted octanol–water partition coefficient (Wildman–Crippen LogP) is -11.6. The van der Waals surface area contributed by atoms with Gasteiger partial charge in [-0.25, -0.2) is 0 Å². The normalized spacial score (nSPS) is 49.0. The highest BCUT2D eigenvalue weighted by Crippen LogP contribution is 2.36. The van der Waals surface area contributed by atoms with Gasteiger partial charge in [-0.3, -0.25) is 9.59 Å². The lowest BCUT2D eigenvalue weighted by Crippen LogP contribution is -2.71. The van der Waals surface area contributed by atoms with Gasteiger partial charge in [0, 0.05) is 13.8 Å². The molecule has 2 unspecified atom stereocenters. The van der Waals surface area contributed by atoms with Gasteiger partial charge < -0.3 is 130 Å². The maximum atomic E-state index is 12.4. The zero-order chi connectivity index (χ0) is 45.9. The average molecular weight is 911 g/mol. The van der Waals surface area contributed by atoms with E-state index < -0.39 is 198 Å². The molecule has 5 rings (SSSR count). The minimum Gasteiger partial charge on any atom is -0.394 e. The summed E-state index contributed by atoms with van der Waals surface area (Å²) in [6.45, 7) is -2.54. The summed E-state index contributed by atoms with van der Waals surface area (Å²) in [4.78, 5) is 24.9. The summed E-state index contributed by atoms with van der Waals surface area (Å²) in [5, 5.41) is 162. The highest BCUT2D eigenvalue weighted by atomic mass is 16.8. The van der Waals surface area contributed by atoms with Crippen LogP contribution in [0.1, 0.15) is 13.8 Å². The summed E-state index contributed by atoms with van der Waals surface area (Å²) in [6, 6.07) is -3.30. The Morgan fingerprint density at radius 2 is 0.710 bits per heavy atom. The quantitative estimate of drug-likeness (QED) is 0.0725. The van der Waals surface area contributed by atoms with E-state index in [0.29, 0.717) is 0 Å². The third-order valence-electron chi connectivity index (χ3n) is 11.1. The second-order valence-electron chi connectivity index (χ2n) is 15.4. The van der Waals surface area contributed by atoms with E-state index in [2.05, 4.69) is 10.6 Å². The molecule has 2 amide bonds. The van der Waals surface area contributed by atoms with Gasteiger partial charge in [0.25, 0.3) is 0 Å². The Balaban J connectivity index is 1.39. The highest BCUT2D eigenvalue weighted by molar-refractivity contribution is 5.73. The minimum absolute atomic E-state index is 0.793. The fourth-order valence-corrected chi connectivity index (χ4v) is 7.84. The molecule has 25 atom stereocenters. The van der Waals surface area contributed by atoms with Crippen molar-refractivity contribution < 1.29 is 129 Å². The molecule has 5 saturated heterocycles. The van der Waals surface area contributed by atoms with E-state index in [1.807, 2.05) is 0 Å².